The van der Waals surface area contributed by atoms with Crippen molar-refractivity contribution in [3.8, 4) is 0 Å². The Morgan fingerprint density at radius 1 is 1.40 bits per heavy atom. The summed E-state index contributed by atoms with van der Waals surface area (Å²) in [4.78, 5) is 26.6. The Hall–Kier alpha value is -1.86. The lowest BCUT2D eigenvalue weighted by Gasteiger charge is -2.40. The summed E-state index contributed by atoms with van der Waals surface area (Å²) >= 11 is 6.19. The number of hydrogen-bond acceptors (Lipinski definition) is 5. The number of carbonyl (C=O) groups excluding carboxylic acids is 1. The lowest BCUT2D eigenvalue weighted by atomic mass is 10.1. The van der Waals surface area contributed by atoms with Crippen LogP contribution in [0.15, 0.2) is 18.2 Å². The van der Waals surface area contributed by atoms with E-state index < -0.39 is 10.5 Å². The Balaban J connectivity index is 2.01. The number of nitro groups is 1. The van der Waals surface area contributed by atoms with E-state index in [2.05, 4.69) is 4.90 Å². The van der Waals surface area contributed by atoms with Crippen LogP contribution in [-0.2, 0) is 11.3 Å². The van der Waals surface area contributed by atoms with Gasteiger partial charge < -0.3 is 9.64 Å². The maximum absolute atomic E-state index is 12.2. The highest BCUT2D eigenvalue weighted by Crippen LogP contribution is 2.25. The van der Waals surface area contributed by atoms with E-state index in [0.29, 0.717) is 36.8 Å². The zero-order chi connectivity index (χ0) is 18.8. The number of non-ortho nitro benzene ring substituents is 1. The second-order valence-electron chi connectivity index (χ2n) is 7.28. The van der Waals surface area contributed by atoms with Crippen molar-refractivity contribution in [2.45, 2.75) is 45.9 Å². The summed E-state index contributed by atoms with van der Waals surface area (Å²) in [5.41, 5.74) is 0.224. The fourth-order valence-corrected chi connectivity index (χ4v) is 2.91. The third-order valence-corrected chi connectivity index (χ3v) is 4.40. The van der Waals surface area contributed by atoms with Gasteiger partial charge in [0.15, 0.2) is 0 Å². The SMILES string of the molecule is C[C@H]1CN(C(=O)OC(C)(C)C)CCN1Cc1cc([N+](=O)[O-])ccc1Cl. The minimum absolute atomic E-state index is 0.0273. The molecule has 1 atom stereocenters. The zero-order valence-electron chi connectivity index (χ0n) is 15.0. The highest BCUT2D eigenvalue weighted by atomic mass is 35.5. The van der Waals surface area contributed by atoms with Crippen LogP contribution in [0.3, 0.4) is 0 Å². The molecule has 0 unspecified atom stereocenters. The molecule has 1 fully saturated rings. The van der Waals surface area contributed by atoms with Gasteiger partial charge in [0.2, 0.25) is 0 Å². The molecule has 1 saturated heterocycles. The number of halogens is 1. The molecule has 0 aliphatic carbocycles. The van der Waals surface area contributed by atoms with Gasteiger partial charge >= 0.3 is 6.09 Å². The van der Waals surface area contributed by atoms with Crippen LogP contribution in [0.25, 0.3) is 0 Å². The van der Waals surface area contributed by atoms with Gasteiger partial charge in [-0.15, -0.1) is 0 Å². The van der Waals surface area contributed by atoms with Gasteiger partial charge in [0.25, 0.3) is 5.69 Å². The summed E-state index contributed by atoms with van der Waals surface area (Å²) in [6.45, 7) is 9.79. The second kappa shape index (κ2) is 7.58. The molecule has 1 aliphatic rings. The number of piperazine rings is 1. The first-order valence-electron chi connectivity index (χ1n) is 8.21. The van der Waals surface area contributed by atoms with Gasteiger partial charge in [-0.05, 0) is 39.3 Å². The molecule has 0 N–H and O–H groups in total. The molecule has 7 nitrogen and oxygen atoms in total. The number of rotatable bonds is 3. The minimum atomic E-state index is -0.520. The number of nitrogens with zero attached hydrogens (tertiary/aromatic N) is 3. The summed E-state index contributed by atoms with van der Waals surface area (Å²) in [6, 6.07) is 4.55. The van der Waals surface area contributed by atoms with Crippen molar-refractivity contribution < 1.29 is 14.5 Å². The molecule has 1 aliphatic heterocycles. The molecular weight excluding hydrogens is 346 g/mol. The van der Waals surface area contributed by atoms with Gasteiger partial charge in [0.1, 0.15) is 5.60 Å². The summed E-state index contributed by atoms with van der Waals surface area (Å²) in [7, 11) is 0. The summed E-state index contributed by atoms with van der Waals surface area (Å²) in [6.07, 6.45) is -0.313. The van der Waals surface area contributed by atoms with E-state index in [1.807, 2.05) is 27.7 Å². The normalized spacial score (nSPS) is 18.9. The van der Waals surface area contributed by atoms with E-state index >= 15 is 0 Å². The Labute approximate surface area is 152 Å². The fourth-order valence-electron chi connectivity index (χ4n) is 2.74. The van der Waals surface area contributed by atoms with Crippen LogP contribution in [0.4, 0.5) is 10.5 Å². The van der Waals surface area contributed by atoms with Crippen LogP contribution in [0, 0.1) is 10.1 Å². The molecule has 138 valence electrons. The molecule has 2 rings (SSSR count). The Morgan fingerprint density at radius 3 is 2.64 bits per heavy atom. The number of ether oxygens (including phenoxy) is 1. The van der Waals surface area contributed by atoms with Gasteiger partial charge in [0.05, 0.1) is 4.92 Å². The second-order valence-corrected chi connectivity index (χ2v) is 7.69. The molecule has 25 heavy (non-hydrogen) atoms. The van der Waals surface area contributed by atoms with Gasteiger partial charge in [-0.25, -0.2) is 4.79 Å². The summed E-state index contributed by atoms with van der Waals surface area (Å²) in [5, 5.41) is 11.5. The highest BCUT2D eigenvalue weighted by molar-refractivity contribution is 6.31. The predicted octanol–water partition coefficient (Wildman–Crippen LogP) is 3.69. The van der Waals surface area contributed by atoms with Crippen molar-refractivity contribution in [1.29, 1.82) is 0 Å². The quantitative estimate of drug-likeness (QED) is 0.600. The number of hydrogen-bond donors (Lipinski definition) is 0. The highest BCUT2D eigenvalue weighted by Gasteiger charge is 2.30. The van der Waals surface area contributed by atoms with Gasteiger partial charge in [-0.2, -0.15) is 0 Å². The monoisotopic (exact) mass is 369 g/mol. The molecule has 1 amide bonds. The average Bonchev–Trinajstić information content (AvgIpc) is 2.49. The molecule has 1 aromatic rings. The standard InChI is InChI=1S/C17H24ClN3O4/c1-12-10-20(16(22)25-17(2,3)4)8-7-19(12)11-13-9-14(21(23)24)5-6-15(13)18/h5-6,9,12H,7-8,10-11H2,1-4H3/t12-/m0/s1. The first-order valence-corrected chi connectivity index (χ1v) is 8.59. The minimum Gasteiger partial charge on any atom is -0.444 e. The van der Waals surface area contributed by atoms with Crippen LogP contribution < -0.4 is 0 Å². The van der Waals surface area contributed by atoms with Crippen molar-refractivity contribution in [2.24, 2.45) is 0 Å². The van der Waals surface area contributed by atoms with E-state index in [0.717, 1.165) is 0 Å². The van der Waals surface area contributed by atoms with Gasteiger partial charge in [-0.1, -0.05) is 11.6 Å². The number of carbonyl (C=O) groups is 1. The van der Waals surface area contributed by atoms with Gasteiger partial charge in [0, 0.05) is 49.4 Å². The molecule has 0 spiro atoms. The number of amides is 1. The average molecular weight is 370 g/mol. The van der Waals surface area contributed by atoms with E-state index in [1.54, 1.807) is 11.0 Å². The zero-order valence-corrected chi connectivity index (χ0v) is 15.7. The molecule has 1 aromatic carbocycles. The molecule has 0 aromatic heterocycles. The van der Waals surface area contributed by atoms with Crippen molar-refractivity contribution in [3.05, 3.63) is 38.9 Å². The van der Waals surface area contributed by atoms with E-state index in [4.69, 9.17) is 16.3 Å². The maximum Gasteiger partial charge on any atom is 0.410 e. The largest absolute Gasteiger partial charge is 0.444 e. The van der Waals surface area contributed by atoms with E-state index in [1.165, 1.54) is 12.1 Å². The first-order chi connectivity index (χ1) is 11.6. The smallest absolute Gasteiger partial charge is 0.410 e. The number of nitro benzene ring substituents is 1. The Kier molecular flexibility index (Phi) is 5.90. The summed E-state index contributed by atoms with van der Waals surface area (Å²) < 4.78 is 5.41. The predicted molar refractivity (Wildman–Crippen MR) is 95.8 cm³/mol. The Bertz CT molecular complexity index is 660. The Morgan fingerprint density at radius 2 is 2.08 bits per heavy atom. The molecule has 0 bridgehead atoms. The number of benzene rings is 1. The first kappa shape index (κ1) is 19.5. The topological polar surface area (TPSA) is 75.9 Å². The lowest BCUT2D eigenvalue weighted by Crippen LogP contribution is -2.54. The van der Waals surface area contributed by atoms with Crippen LogP contribution in [0.5, 0.6) is 0 Å². The van der Waals surface area contributed by atoms with Crippen LogP contribution in [-0.4, -0.2) is 52.1 Å². The van der Waals surface area contributed by atoms with Crippen LogP contribution in [0.1, 0.15) is 33.3 Å². The molecule has 8 heteroatoms. The van der Waals surface area contributed by atoms with Crippen LogP contribution >= 0.6 is 11.6 Å². The van der Waals surface area contributed by atoms with Gasteiger partial charge in [-0.3, -0.25) is 15.0 Å². The molecular formula is C17H24ClN3O4. The third-order valence-electron chi connectivity index (χ3n) is 4.03. The molecule has 0 radical (unpaired) electrons. The molecule has 1 heterocycles. The van der Waals surface area contributed by atoms with Crippen LogP contribution in [0.2, 0.25) is 5.02 Å². The van der Waals surface area contributed by atoms with Crippen molar-refractivity contribution in [2.75, 3.05) is 19.6 Å². The van der Waals surface area contributed by atoms with E-state index in [9.17, 15) is 14.9 Å². The van der Waals surface area contributed by atoms with Crippen molar-refractivity contribution in [1.82, 2.24) is 9.80 Å². The van der Waals surface area contributed by atoms with Crippen molar-refractivity contribution >= 4 is 23.4 Å². The fraction of sp³-hybridized carbons (Fsp3) is 0.588. The van der Waals surface area contributed by atoms with E-state index in [-0.39, 0.29) is 17.8 Å². The summed E-state index contributed by atoms with van der Waals surface area (Å²) in [5.74, 6) is 0. The third kappa shape index (κ3) is 5.31. The molecule has 0 saturated carbocycles. The maximum atomic E-state index is 12.2. The lowest BCUT2D eigenvalue weighted by molar-refractivity contribution is -0.384. The van der Waals surface area contributed by atoms with Crippen molar-refractivity contribution in [3.63, 3.8) is 0 Å².